The van der Waals surface area contributed by atoms with Gasteiger partial charge in [-0.3, -0.25) is 0 Å². The van der Waals surface area contributed by atoms with Gasteiger partial charge in [-0.15, -0.1) is 0 Å². The quantitative estimate of drug-likeness (QED) is 0.815. The largest absolute Gasteiger partial charge is 0.359 e. The third-order valence-electron chi connectivity index (χ3n) is 3.33. The number of benzene rings is 2. The fourth-order valence-corrected chi connectivity index (χ4v) is 2.19. The van der Waals surface area contributed by atoms with E-state index in [4.69, 9.17) is 10.5 Å². The van der Waals surface area contributed by atoms with E-state index in [1.807, 2.05) is 18.2 Å². The van der Waals surface area contributed by atoms with Crippen LogP contribution in [-0.2, 0) is 16.9 Å². The van der Waals surface area contributed by atoms with Gasteiger partial charge in [0, 0.05) is 6.54 Å². The lowest BCUT2D eigenvalue weighted by atomic mass is 9.91. The van der Waals surface area contributed by atoms with Gasteiger partial charge in [-0.25, -0.2) is 0 Å². The van der Waals surface area contributed by atoms with Crippen LogP contribution in [0.25, 0.3) is 0 Å². The predicted molar refractivity (Wildman–Crippen MR) is 67.5 cm³/mol. The average Bonchev–Trinajstić information content (AvgIpc) is 3.21. The summed E-state index contributed by atoms with van der Waals surface area (Å²) in [6.07, 6.45) is 0. The first-order chi connectivity index (χ1) is 8.35. The van der Waals surface area contributed by atoms with Crippen LogP contribution in [0, 0.1) is 0 Å². The van der Waals surface area contributed by atoms with Crippen molar-refractivity contribution < 1.29 is 4.74 Å². The van der Waals surface area contributed by atoms with Crippen LogP contribution in [0.5, 0.6) is 0 Å². The molecule has 1 fully saturated rings. The second kappa shape index (κ2) is 3.99. The molecule has 86 valence electrons. The van der Waals surface area contributed by atoms with Gasteiger partial charge in [-0.05, 0) is 16.7 Å². The van der Waals surface area contributed by atoms with E-state index in [1.54, 1.807) is 0 Å². The third kappa shape index (κ3) is 1.75. The van der Waals surface area contributed by atoms with E-state index in [-0.39, 0.29) is 5.60 Å². The number of nitrogens with two attached hydrogens (primary N) is 1. The van der Waals surface area contributed by atoms with Crippen molar-refractivity contribution >= 4 is 0 Å². The van der Waals surface area contributed by atoms with Crippen molar-refractivity contribution in [1.82, 2.24) is 0 Å². The van der Waals surface area contributed by atoms with Crippen LogP contribution in [0.15, 0.2) is 54.6 Å². The Labute approximate surface area is 101 Å². The number of rotatable bonds is 3. The van der Waals surface area contributed by atoms with Gasteiger partial charge < -0.3 is 10.5 Å². The Bertz CT molecular complexity index is 500. The van der Waals surface area contributed by atoms with Crippen molar-refractivity contribution in [3.05, 3.63) is 71.3 Å². The number of hydrogen-bond donors (Lipinski definition) is 1. The van der Waals surface area contributed by atoms with E-state index in [9.17, 15) is 0 Å². The first kappa shape index (κ1) is 10.5. The Morgan fingerprint density at radius 1 is 0.941 bits per heavy atom. The van der Waals surface area contributed by atoms with Crippen LogP contribution in [-0.4, -0.2) is 6.61 Å². The first-order valence-corrected chi connectivity index (χ1v) is 5.84. The molecule has 1 atom stereocenters. The summed E-state index contributed by atoms with van der Waals surface area (Å²) >= 11 is 0. The molecular weight excluding hydrogens is 210 g/mol. The second-order valence-electron chi connectivity index (χ2n) is 4.38. The van der Waals surface area contributed by atoms with Crippen LogP contribution in [0.2, 0.25) is 0 Å². The molecule has 2 nitrogen and oxygen atoms in total. The zero-order chi connectivity index (χ0) is 11.7. The summed E-state index contributed by atoms with van der Waals surface area (Å²) in [5.74, 6) is 0. The SMILES string of the molecule is NCc1ccc(C2(c3ccccc3)CO2)cc1. The van der Waals surface area contributed by atoms with Gasteiger partial charge in [0.2, 0.25) is 0 Å². The highest BCUT2D eigenvalue weighted by molar-refractivity contribution is 5.41. The number of ether oxygens (including phenoxy) is 1. The lowest BCUT2D eigenvalue weighted by molar-refractivity contribution is 0.349. The van der Waals surface area contributed by atoms with Crippen molar-refractivity contribution in [1.29, 1.82) is 0 Å². The lowest BCUT2D eigenvalue weighted by Gasteiger charge is -2.13. The smallest absolute Gasteiger partial charge is 0.142 e. The Morgan fingerprint density at radius 3 is 2.06 bits per heavy atom. The van der Waals surface area contributed by atoms with Gasteiger partial charge in [0.1, 0.15) is 5.60 Å². The maximum absolute atomic E-state index is 5.71. The van der Waals surface area contributed by atoms with Crippen molar-refractivity contribution in [3.8, 4) is 0 Å². The highest BCUT2D eigenvalue weighted by Crippen LogP contribution is 2.44. The minimum atomic E-state index is -0.214. The number of epoxide rings is 1. The molecule has 1 unspecified atom stereocenters. The highest BCUT2D eigenvalue weighted by Gasteiger charge is 2.47. The van der Waals surface area contributed by atoms with E-state index >= 15 is 0 Å². The van der Waals surface area contributed by atoms with Gasteiger partial charge in [0.05, 0.1) is 6.61 Å². The summed E-state index contributed by atoms with van der Waals surface area (Å²) in [5, 5.41) is 0. The number of hydrogen-bond acceptors (Lipinski definition) is 2. The standard InChI is InChI=1S/C15H15NO/c16-10-12-6-8-14(9-7-12)15(11-17-15)13-4-2-1-3-5-13/h1-9H,10-11,16H2. The van der Waals surface area contributed by atoms with Crippen molar-refractivity contribution in [2.75, 3.05) is 6.61 Å². The van der Waals surface area contributed by atoms with E-state index in [2.05, 4.69) is 36.4 Å². The van der Waals surface area contributed by atoms with Crippen molar-refractivity contribution in [3.63, 3.8) is 0 Å². The molecule has 0 amide bonds. The molecular formula is C15H15NO. The zero-order valence-corrected chi connectivity index (χ0v) is 9.60. The molecule has 0 aliphatic carbocycles. The molecule has 0 saturated carbocycles. The van der Waals surface area contributed by atoms with Crippen LogP contribution in [0.4, 0.5) is 0 Å². The van der Waals surface area contributed by atoms with Gasteiger partial charge in [0.15, 0.2) is 0 Å². The summed E-state index contributed by atoms with van der Waals surface area (Å²) in [6, 6.07) is 18.7. The molecule has 2 N–H and O–H groups in total. The Balaban J connectivity index is 1.98. The second-order valence-corrected chi connectivity index (χ2v) is 4.38. The van der Waals surface area contributed by atoms with E-state index < -0.39 is 0 Å². The third-order valence-corrected chi connectivity index (χ3v) is 3.33. The first-order valence-electron chi connectivity index (χ1n) is 5.84. The Hall–Kier alpha value is -1.64. The molecule has 0 bridgehead atoms. The topological polar surface area (TPSA) is 38.5 Å². The molecule has 1 saturated heterocycles. The predicted octanol–water partition coefficient (Wildman–Crippen LogP) is 2.42. The summed E-state index contributed by atoms with van der Waals surface area (Å²) in [7, 11) is 0. The van der Waals surface area contributed by atoms with Gasteiger partial charge in [-0.2, -0.15) is 0 Å². The summed E-state index contributed by atoms with van der Waals surface area (Å²) in [6.45, 7) is 1.35. The maximum atomic E-state index is 5.71. The van der Waals surface area contributed by atoms with Gasteiger partial charge in [-0.1, -0.05) is 54.6 Å². The highest BCUT2D eigenvalue weighted by atomic mass is 16.6. The minimum Gasteiger partial charge on any atom is -0.359 e. The zero-order valence-electron chi connectivity index (χ0n) is 9.60. The minimum absolute atomic E-state index is 0.214. The van der Waals surface area contributed by atoms with E-state index in [0.717, 1.165) is 12.2 Å². The molecule has 0 radical (unpaired) electrons. The molecule has 1 aliphatic heterocycles. The molecule has 1 aliphatic rings. The maximum Gasteiger partial charge on any atom is 0.142 e. The van der Waals surface area contributed by atoms with Crippen LogP contribution in [0.3, 0.4) is 0 Å². The monoisotopic (exact) mass is 225 g/mol. The molecule has 2 aromatic carbocycles. The lowest BCUT2D eigenvalue weighted by Crippen LogP contribution is -2.10. The molecule has 17 heavy (non-hydrogen) atoms. The van der Waals surface area contributed by atoms with Crippen molar-refractivity contribution in [2.45, 2.75) is 12.1 Å². The van der Waals surface area contributed by atoms with Gasteiger partial charge in [0.25, 0.3) is 0 Å². The molecule has 2 heteroatoms. The summed E-state index contributed by atoms with van der Waals surface area (Å²) in [4.78, 5) is 0. The Kier molecular flexibility index (Phi) is 2.46. The molecule has 1 heterocycles. The van der Waals surface area contributed by atoms with E-state index in [0.29, 0.717) is 6.54 Å². The normalized spacial score (nSPS) is 22.4. The molecule has 2 aromatic rings. The van der Waals surface area contributed by atoms with E-state index in [1.165, 1.54) is 11.1 Å². The molecule has 3 rings (SSSR count). The van der Waals surface area contributed by atoms with Crippen LogP contribution in [0.1, 0.15) is 16.7 Å². The summed E-state index contributed by atoms with van der Waals surface area (Å²) in [5.41, 5.74) is 8.97. The molecule has 0 aromatic heterocycles. The fourth-order valence-electron chi connectivity index (χ4n) is 2.19. The van der Waals surface area contributed by atoms with Crippen LogP contribution >= 0.6 is 0 Å². The van der Waals surface area contributed by atoms with Gasteiger partial charge >= 0.3 is 0 Å². The average molecular weight is 225 g/mol. The Morgan fingerprint density at radius 2 is 1.53 bits per heavy atom. The fraction of sp³-hybridized carbons (Fsp3) is 0.200. The van der Waals surface area contributed by atoms with Crippen molar-refractivity contribution in [2.24, 2.45) is 5.73 Å². The molecule has 0 spiro atoms. The van der Waals surface area contributed by atoms with Crippen LogP contribution < -0.4 is 5.73 Å². The summed E-state index contributed by atoms with van der Waals surface area (Å²) < 4.78 is 5.71.